The smallest absolute Gasteiger partial charge is 0.260 e. The van der Waals surface area contributed by atoms with Crippen molar-refractivity contribution in [1.29, 1.82) is 0 Å². The van der Waals surface area contributed by atoms with Crippen LogP contribution in [0, 0.1) is 13.8 Å². The second kappa shape index (κ2) is 2.35. The standard InChI is InChI=1S/C8H7N3O2/c1-3-5-6(4(2)11-10-3)8(13)9-7(5)12/h1-2H3,(H,9,12,13). The molecule has 1 N–H and O–H groups in total. The van der Waals surface area contributed by atoms with Gasteiger partial charge in [0.15, 0.2) is 0 Å². The number of amides is 2. The van der Waals surface area contributed by atoms with E-state index in [1.807, 2.05) is 0 Å². The van der Waals surface area contributed by atoms with E-state index in [-0.39, 0.29) is 11.8 Å². The van der Waals surface area contributed by atoms with E-state index in [2.05, 4.69) is 15.5 Å². The van der Waals surface area contributed by atoms with E-state index >= 15 is 0 Å². The van der Waals surface area contributed by atoms with Crippen LogP contribution < -0.4 is 5.32 Å². The Labute approximate surface area is 74.2 Å². The average Bonchev–Trinajstić information content (AvgIpc) is 2.36. The normalized spacial score (nSPS) is 14.3. The summed E-state index contributed by atoms with van der Waals surface area (Å²) in [6.07, 6.45) is 0. The van der Waals surface area contributed by atoms with Crippen molar-refractivity contribution in [2.24, 2.45) is 0 Å². The quantitative estimate of drug-likeness (QED) is 0.565. The van der Waals surface area contributed by atoms with Crippen LogP contribution in [0.4, 0.5) is 0 Å². The number of carbonyl (C=O) groups is 2. The SMILES string of the molecule is Cc1nnc(C)c2c1C(=O)NC2=O. The van der Waals surface area contributed by atoms with Crippen molar-refractivity contribution in [1.82, 2.24) is 15.5 Å². The Balaban J connectivity index is 2.81. The van der Waals surface area contributed by atoms with Crippen molar-refractivity contribution >= 4 is 11.8 Å². The van der Waals surface area contributed by atoms with Crippen molar-refractivity contribution in [3.05, 3.63) is 22.5 Å². The van der Waals surface area contributed by atoms with Crippen molar-refractivity contribution in [3.8, 4) is 0 Å². The highest BCUT2D eigenvalue weighted by molar-refractivity contribution is 6.22. The molecule has 0 bridgehead atoms. The highest BCUT2D eigenvalue weighted by atomic mass is 16.2. The molecule has 0 saturated carbocycles. The molecule has 0 unspecified atom stereocenters. The molecule has 1 aliphatic rings. The first-order chi connectivity index (χ1) is 6.11. The second-order valence-corrected chi connectivity index (χ2v) is 2.90. The lowest BCUT2D eigenvalue weighted by molar-refractivity contribution is 0.0879. The van der Waals surface area contributed by atoms with E-state index in [1.54, 1.807) is 13.8 Å². The molecular weight excluding hydrogens is 170 g/mol. The van der Waals surface area contributed by atoms with Crippen LogP contribution in [-0.2, 0) is 0 Å². The molecule has 2 amide bonds. The predicted octanol–water partition coefficient (Wildman–Crippen LogP) is -0.0230. The van der Waals surface area contributed by atoms with E-state index in [0.29, 0.717) is 22.5 Å². The van der Waals surface area contributed by atoms with Gasteiger partial charge in [0, 0.05) is 0 Å². The fraction of sp³-hybridized carbons (Fsp3) is 0.250. The summed E-state index contributed by atoms with van der Waals surface area (Å²) in [6, 6.07) is 0. The summed E-state index contributed by atoms with van der Waals surface area (Å²) in [5, 5.41) is 9.75. The molecule has 0 spiro atoms. The summed E-state index contributed by atoms with van der Waals surface area (Å²) >= 11 is 0. The summed E-state index contributed by atoms with van der Waals surface area (Å²) in [5.74, 6) is -0.758. The van der Waals surface area contributed by atoms with E-state index < -0.39 is 0 Å². The van der Waals surface area contributed by atoms with Gasteiger partial charge in [0.05, 0.1) is 22.5 Å². The first-order valence-electron chi connectivity index (χ1n) is 3.81. The fourth-order valence-corrected chi connectivity index (χ4v) is 1.40. The Morgan fingerprint density at radius 1 is 0.923 bits per heavy atom. The molecule has 5 heteroatoms. The average molecular weight is 177 g/mol. The minimum atomic E-state index is -0.379. The Morgan fingerprint density at radius 3 is 1.69 bits per heavy atom. The van der Waals surface area contributed by atoms with Gasteiger partial charge in [-0.05, 0) is 13.8 Å². The number of imide groups is 1. The van der Waals surface area contributed by atoms with Gasteiger partial charge in [-0.1, -0.05) is 0 Å². The lowest BCUT2D eigenvalue weighted by atomic mass is 10.1. The highest BCUT2D eigenvalue weighted by Gasteiger charge is 2.31. The molecule has 1 aromatic heterocycles. The van der Waals surface area contributed by atoms with Crippen LogP contribution in [0.1, 0.15) is 32.1 Å². The van der Waals surface area contributed by atoms with E-state index in [4.69, 9.17) is 0 Å². The number of aromatic nitrogens is 2. The zero-order valence-electron chi connectivity index (χ0n) is 7.21. The Hall–Kier alpha value is -1.78. The number of nitrogens with zero attached hydrogens (tertiary/aromatic N) is 2. The number of fused-ring (bicyclic) bond motifs is 1. The maximum atomic E-state index is 11.2. The molecule has 0 radical (unpaired) electrons. The minimum Gasteiger partial charge on any atom is -0.288 e. The molecule has 2 heterocycles. The molecule has 0 aromatic carbocycles. The summed E-state index contributed by atoms with van der Waals surface area (Å²) in [5.41, 5.74) is 1.70. The molecule has 5 nitrogen and oxygen atoms in total. The minimum absolute atomic E-state index is 0.359. The van der Waals surface area contributed by atoms with E-state index in [9.17, 15) is 9.59 Å². The topological polar surface area (TPSA) is 72.0 Å². The zero-order chi connectivity index (χ0) is 9.59. The molecule has 0 fully saturated rings. The molecule has 0 saturated heterocycles. The van der Waals surface area contributed by atoms with Crippen LogP contribution in [0.15, 0.2) is 0 Å². The van der Waals surface area contributed by atoms with Gasteiger partial charge >= 0.3 is 0 Å². The van der Waals surface area contributed by atoms with Crippen LogP contribution in [0.5, 0.6) is 0 Å². The Bertz CT molecular complexity index is 387. The molecule has 0 atom stereocenters. The Kier molecular flexibility index (Phi) is 1.42. The zero-order valence-corrected chi connectivity index (χ0v) is 7.21. The van der Waals surface area contributed by atoms with E-state index in [0.717, 1.165) is 0 Å². The van der Waals surface area contributed by atoms with Gasteiger partial charge in [-0.2, -0.15) is 10.2 Å². The number of rotatable bonds is 0. The molecule has 1 aromatic rings. The van der Waals surface area contributed by atoms with Gasteiger partial charge in [-0.25, -0.2) is 0 Å². The van der Waals surface area contributed by atoms with E-state index in [1.165, 1.54) is 0 Å². The van der Waals surface area contributed by atoms with Gasteiger partial charge in [-0.3, -0.25) is 14.9 Å². The second-order valence-electron chi connectivity index (χ2n) is 2.90. The van der Waals surface area contributed by atoms with Crippen molar-refractivity contribution in [3.63, 3.8) is 0 Å². The molecular formula is C8H7N3O2. The molecule has 13 heavy (non-hydrogen) atoms. The number of hydrogen-bond donors (Lipinski definition) is 1. The first kappa shape index (κ1) is 7.85. The maximum absolute atomic E-state index is 11.2. The van der Waals surface area contributed by atoms with Crippen molar-refractivity contribution < 1.29 is 9.59 Å². The highest BCUT2D eigenvalue weighted by Crippen LogP contribution is 2.19. The first-order valence-corrected chi connectivity index (χ1v) is 3.81. The summed E-state index contributed by atoms with van der Waals surface area (Å²) < 4.78 is 0. The molecule has 0 aliphatic carbocycles. The third kappa shape index (κ3) is 0.932. The third-order valence-electron chi connectivity index (χ3n) is 2.00. The summed E-state index contributed by atoms with van der Waals surface area (Å²) in [6.45, 7) is 3.31. The van der Waals surface area contributed by atoms with Gasteiger partial charge < -0.3 is 0 Å². The maximum Gasteiger partial charge on any atom is 0.260 e. The number of nitrogens with one attached hydrogen (secondary N) is 1. The molecule has 1 aliphatic heterocycles. The van der Waals surface area contributed by atoms with Crippen LogP contribution in [0.25, 0.3) is 0 Å². The fourth-order valence-electron chi connectivity index (χ4n) is 1.40. The largest absolute Gasteiger partial charge is 0.288 e. The van der Waals surface area contributed by atoms with Gasteiger partial charge in [-0.15, -0.1) is 0 Å². The van der Waals surface area contributed by atoms with Crippen LogP contribution in [0.3, 0.4) is 0 Å². The third-order valence-corrected chi connectivity index (χ3v) is 2.00. The molecule has 66 valence electrons. The monoisotopic (exact) mass is 177 g/mol. The summed E-state index contributed by atoms with van der Waals surface area (Å²) in [7, 11) is 0. The lowest BCUT2D eigenvalue weighted by Crippen LogP contribution is -2.20. The van der Waals surface area contributed by atoms with Crippen molar-refractivity contribution in [2.75, 3.05) is 0 Å². The van der Waals surface area contributed by atoms with Gasteiger partial charge in [0.1, 0.15) is 0 Å². The number of hydrogen-bond acceptors (Lipinski definition) is 4. The summed E-state index contributed by atoms with van der Waals surface area (Å²) in [4.78, 5) is 22.5. The van der Waals surface area contributed by atoms with Crippen molar-refractivity contribution in [2.45, 2.75) is 13.8 Å². The lowest BCUT2D eigenvalue weighted by Gasteiger charge is -1.99. The van der Waals surface area contributed by atoms with Crippen LogP contribution in [0.2, 0.25) is 0 Å². The van der Waals surface area contributed by atoms with Crippen LogP contribution in [-0.4, -0.2) is 22.0 Å². The number of aryl methyl sites for hydroxylation is 2. The predicted molar refractivity (Wildman–Crippen MR) is 43.3 cm³/mol. The van der Waals surface area contributed by atoms with Gasteiger partial charge in [0.2, 0.25) is 0 Å². The van der Waals surface area contributed by atoms with Crippen LogP contribution >= 0.6 is 0 Å². The molecule has 2 rings (SSSR count). The Morgan fingerprint density at radius 2 is 1.31 bits per heavy atom. The van der Waals surface area contributed by atoms with Gasteiger partial charge in [0.25, 0.3) is 11.8 Å². The number of carbonyl (C=O) groups excluding carboxylic acids is 2.